The van der Waals surface area contributed by atoms with Gasteiger partial charge in [-0.05, 0) is 256 Å². The number of carbonyl (C=O) groups is 4. The molecule has 18 nitrogen and oxygen atoms in total. The number of benzene rings is 11. The summed E-state index contributed by atoms with van der Waals surface area (Å²) in [5.41, 5.74) is 15.8. The quantitative estimate of drug-likeness (QED) is 0.0154. The second-order valence-electron chi connectivity index (χ2n) is 39.1. The molecule has 0 aliphatic carbocycles. The molecular formula is C121H158N4O14. The zero-order valence-electron chi connectivity index (χ0n) is 86.2. The molecule has 0 spiro atoms. The number of esters is 4. The van der Waals surface area contributed by atoms with Gasteiger partial charge >= 0.3 is 23.9 Å². The highest BCUT2D eigenvalue weighted by molar-refractivity contribution is 5.77. The third kappa shape index (κ3) is 35.8. The molecule has 0 heterocycles. The Balaban J connectivity index is 0.000000235. The first kappa shape index (κ1) is 113. The van der Waals surface area contributed by atoms with E-state index in [0.29, 0.717) is 59.8 Å². The first-order chi connectivity index (χ1) is 66.7. The average Bonchev–Trinajstić information content (AvgIpc) is 0.816. The summed E-state index contributed by atoms with van der Waals surface area (Å²) in [6, 6.07) is 92.9. The lowest BCUT2D eigenvalue weighted by atomic mass is 9.85. The van der Waals surface area contributed by atoms with Crippen molar-refractivity contribution >= 4 is 23.9 Å². The highest BCUT2D eigenvalue weighted by Gasteiger charge is 2.31. The Morgan fingerprint density at radius 3 is 0.705 bits per heavy atom. The second kappa shape index (κ2) is 58.7. The van der Waals surface area contributed by atoms with Crippen LogP contribution >= 0.6 is 0 Å². The summed E-state index contributed by atoms with van der Waals surface area (Å²) in [4.78, 5) is 57.5. The highest BCUT2D eigenvalue weighted by Crippen LogP contribution is 2.43. The highest BCUT2D eigenvalue weighted by atomic mass is 16.5. The summed E-state index contributed by atoms with van der Waals surface area (Å²) in [6.07, 6.45) is 4.23. The van der Waals surface area contributed by atoms with E-state index in [4.69, 9.17) is 23.7 Å². The molecule has 0 amide bonds. The maximum atomic E-state index is 12.8. The van der Waals surface area contributed by atoms with Gasteiger partial charge in [-0.15, -0.1) is 0 Å². The van der Waals surface area contributed by atoms with Crippen LogP contribution in [0, 0.1) is 23.7 Å². The Bertz CT molecular complexity index is 5300. The molecule has 0 aromatic heterocycles. The van der Waals surface area contributed by atoms with Gasteiger partial charge < -0.3 is 59.4 Å². The van der Waals surface area contributed by atoms with Gasteiger partial charge in [-0.2, -0.15) is 0 Å². The lowest BCUT2D eigenvalue weighted by Crippen LogP contribution is -2.38. The van der Waals surface area contributed by atoms with Gasteiger partial charge in [0, 0.05) is 93.7 Å². The standard InChI is InChI=1S/C43H53NO6.C29H37NO2.C26H37NO3.C23H31NO3/c1-29(2)42(47)49-40-19-17-32(27-45)25-38(40)36(34-13-9-7-10-14-34)21-23-44(31(5)6)24-22-37(35-15-11-8-12-16-35)39-26-33(28-46)18-20-41(39)50-43(48)30(3)4;1-22(2)30(23(3)4)18-17-27(26-13-9-6-10-14-26)28-19-25(20-31)15-16-29(28)32-21-24-11-7-5-8-12-24;1-18(2)26(29)30-25-13-12-21(17-28)16-24(25)23(22-10-8-7-9-11-22)14-15-27(19(3)4)20(5)6;1-16(2)23(26)27-22-11-10-18(15-25)14-21(22)20(12-13-24-17(3)4)19-8-6-5-7-9-19/h7-20,25-26,29-31,36-37,45-46H,21-24,27-28H2,1-6H3;5-16,19,22-23,27,31H,17-18,20-21H2,1-4H3;7-13,16,18-20,23,28H,14-15,17H2,1-6H3;5-11,14,16-17,20,24-25H,12-13,15H2,1-4H3/t36-,37+;27-;23-;20-/m.101/s1. The van der Waals surface area contributed by atoms with Gasteiger partial charge in [-0.25, -0.2) is 0 Å². The van der Waals surface area contributed by atoms with Crippen molar-refractivity contribution in [1.29, 1.82) is 0 Å². The van der Waals surface area contributed by atoms with Crippen LogP contribution in [0.2, 0.25) is 0 Å². The summed E-state index contributed by atoms with van der Waals surface area (Å²) < 4.78 is 29.7. The van der Waals surface area contributed by atoms with Gasteiger partial charge in [-0.3, -0.25) is 29.0 Å². The van der Waals surface area contributed by atoms with Crippen LogP contribution < -0.4 is 29.0 Å². The molecule has 139 heavy (non-hydrogen) atoms. The molecule has 0 unspecified atom stereocenters. The van der Waals surface area contributed by atoms with E-state index in [0.717, 1.165) is 143 Å². The number of ether oxygens (including phenoxy) is 5. The lowest BCUT2D eigenvalue weighted by Gasteiger charge is -2.32. The topological polar surface area (TPSA) is 237 Å². The van der Waals surface area contributed by atoms with Crippen molar-refractivity contribution in [2.24, 2.45) is 23.7 Å². The number of hydrogen-bond donors (Lipinski definition) is 6. The van der Waals surface area contributed by atoms with Gasteiger partial charge in [0.1, 0.15) is 35.4 Å². The van der Waals surface area contributed by atoms with Crippen LogP contribution in [0.4, 0.5) is 0 Å². The monoisotopic (exact) mass is 1890 g/mol. The predicted molar refractivity (Wildman–Crippen MR) is 563 cm³/mol. The molecule has 11 rings (SSSR count). The Morgan fingerprint density at radius 1 is 0.259 bits per heavy atom. The average molecular weight is 1890 g/mol. The molecule has 11 aromatic rings. The largest absolute Gasteiger partial charge is 0.489 e. The van der Waals surface area contributed by atoms with E-state index in [1.807, 2.05) is 195 Å². The van der Waals surface area contributed by atoms with E-state index >= 15 is 0 Å². The predicted octanol–water partition coefficient (Wildman–Crippen LogP) is 24.3. The van der Waals surface area contributed by atoms with Crippen LogP contribution in [0.15, 0.2) is 273 Å². The molecule has 6 N–H and O–H groups in total. The molecule has 0 fully saturated rings. The summed E-state index contributed by atoms with van der Waals surface area (Å²) >= 11 is 0. The van der Waals surface area contributed by atoms with E-state index in [2.05, 4.69) is 200 Å². The van der Waals surface area contributed by atoms with Gasteiger partial charge in [-0.1, -0.05) is 282 Å². The fourth-order valence-electron chi connectivity index (χ4n) is 17.4. The van der Waals surface area contributed by atoms with Crippen molar-refractivity contribution in [2.75, 3.05) is 32.7 Å². The van der Waals surface area contributed by atoms with E-state index < -0.39 is 0 Å². The minimum Gasteiger partial charge on any atom is -0.489 e. The third-order valence-corrected chi connectivity index (χ3v) is 25.3. The van der Waals surface area contributed by atoms with E-state index in [1.165, 1.54) is 16.7 Å². The van der Waals surface area contributed by atoms with Gasteiger partial charge in [0.15, 0.2) is 0 Å². The van der Waals surface area contributed by atoms with Gasteiger partial charge in [0.25, 0.3) is 0 Å². The Labute approximate surface area is 830 Å². The number of aliphatic hydroxyl groups is 5. The van der Waals surface area contributed by atoms with Crippen LogP contribution in [0.5, 0.6) is 28.7 Å². The number of rotatable bonds is 47. The third-order valence-electron chi connectivity index (χ3n) is 25.3. The number of nitrogens with zero attached hydrogens (tertiary/aromatic N) is 3. The maximum Gasteiger partial charge on any atom is 0.313 e. The molecule has 0 aliphatic rings. The molecule has 5 atom stereocenters. The minimum atomic E-state index is -0.297. The zero-order valence-corrected chi connectivity index (χ0v) is 86.2. The Hall–Kier alpha value is -11.3. The molecule has 0 saturated heterocycles. The normalized spacial score (nSPS) is 12.6. The fraction of sp³-hybridized carbons (Fsp3) is 0.421. The van der Waals surface area contributed by atoms with Crippen molar-refractivity contribution in [3.63, 3.8) is 0 Å². The molecule has 0 saturated carbocycles. The molecule has 0 radical (unpaired) electrons. The molecule has 0 bridgehead atoms. The lowest BCUT2D eigenvalue weighted by molar-refractivity contribution is -0.138. The molecule has 18 heteroatoms. The van der Waals surface area contributed by atoms with Crippen LogP contribution in [0.25, 0.3) is 0 Å². The summed E-state index contributed by atoms with van der Waals surface area (Å²) in [5, 5.41) is 52.7. The van der Waals surface area contributed by atoms with Crippen LogP contribution in [-0.4, -0.2) is 133 Å². The van der Waals surface area contributed by atoms with Crippen LogP contribution in [0.1, 0.15) is 289 Å². The first-order valence-electron chi connectivity index (χ1n) is 50.1. The van der Waals surface area contributed by atoms with Crippen LogP contribution in [-0.2, 0) is 58.8 Å². The van der Waals surface area contributed by atoms with Gasteiger partial charge in [0.05, 0.1) is 56.7 Å². The number of nitrogens with one attached hydrogen (secondary N) is 1. The van der Waals surface area contributed by atoms with Crippen molar-refractivity contribution < 1.29 is 68.4 Å². The van der Waals surface area contributed by atoms with Gasteiger partial charge in [0.2, 0.25) is 0 Å². The second-order valence-corrected chi connectivity index (χ2v) is 39.1. The molecular weight excluding hydrogens is 1730 g/mol. The first-order valence-corrected chi connectivity index (χ1v) is 50.1. The summed E-state index contributed by atoms with van der Waals surface area (Å²) in [7, 11) is 0. The SMILES string of the molecule is CC(C)C(=O)Oc1ccc(CO)cc1[C@@H](CCN(C(C)C)C(C)C)c1ccccc1.CC(C)C(=O)Oc1ccc(CO)cc1[C@H](CCN(CC[C@@H](c1ccccc1)c1cc(CO)ccc1OC(=O)C(C)C)C(C)C)c1ccccc1.CC(C)N(CC[C@H](c1ccccc1)c1cc(CO)ccc1OCc1ccccc1)C(C)C.CC(C)NCC[C@H](c1ccccc1)c1cc(CO)ccc1OC(=O)C(C)C. The Morgan fingerprint density at radius 2 is 0.482 bits per heavy atom. The number of carbonyl (C=O) groups excluding carboxylic acids is 4. The molecule has 0 aliphatic heterocycles. The summed E-state index contributed by atoms with van der Waals surface area (Å²) in [5.74, 6) is 1.16. The van der Waals surface area contributed by atoms with Crippen molar-refractivity contribution in [3.8, 4) is 28.7 Å². The maximum absolute atomic E-state index is 12.8. The smallest absolute Gasteiger partial charge is 0.313 e. The number of aliphatic hydroxyl groups excluding tert-OH is 5. The van der Waals surface area contributed by atoms with Crippen LogP contribution in [0.3, 0.4) is 0 Å². The zero-order chi connectivity index (χ0) is 101. The van der Waals surface area contributed by atoms with Crippen molar-refractivity contribution in [1.82, 2.24) is 20.0 Å². The molecule has 746 valence electrons. The minimum absolute atomic E-state index is 0.0254. The van der Waals surface area contributed by atoms with E-state index in [9.17, 15) is 44.7 Å². The van der Waals surface area contributed by atoms with Crippen molar-refractivity contribution in [3.05, 3.63) is 362 Å². The summed E-state index contributed by atoms with van der Waals surface area (Å²) in [6.45, 7) is 45.7. The Kier molecular flexibility index (Phi) is 47.7. The van der Waals surface area contributed by atoms with E-state index in [1.54, 1.807) is 36.4 Å². The number of hydrogen-bond acceptors (Lipinski definition) is 18. The van der Waals surface area contributed by atoms with Crippen molar-refractivity contribution in [2.45, 2.75) is 276 Å². The van der Waals surface area contributed by atoms with E-state index in [-0.39, 0.29) is 116 Å². The molecule has 11 aromatic carbocycles. The fourth-order valence-corrected chi connectivity index (χ4v) is 17.4.